The maximum absolute atomic E-state index is 13.3. The first-order chi connectivity index (χ1) is 14.7. The zero-order chi connectivity index (χ0) is 23.9. The van der Waals surface area contributed by atoms with Gasteiger partial charge < -0.3 is 15.2 Å². The van der Waals surface area contributed by atoms with E-state index >= 15 is 0 Å². The number of nitrogens with one attached hydrogen (secondary N) is 1. The number of rotatable bonds is 5. The van der Waals surface area contributed by atoms with Crippen LogP contribution in [0.25, 0.3) is 0 Å². The van der Waals surface area contributed by atoms with Gasteiger partial charge in [0.15, 0.2) is 0 Å². The number of carbonyl (C=O) groups is 1. The van der Waals surface area contributed by atoms with Crippen LogP contribution in [-0.4, -0.2) is 23.7 Å². The van der Waals surface area contributed by atoms with Crippen LogP contribution >= 0.6 is 0 Å². The first-order valence-corrected chi connectivity index (χ1v) is 9.38. The highest BCUT2D eigenvalue weighted by molar-refractivity contribution is 5.81. The predicted octanol–water partition coefficient (Wildman–Crippen LogP) is 4.72. The Morgan fingerprint density at radius 3 is 2.03 bits per heavy atom. The summed E-state index contributed by atoms with van der Waals surface area (Å²) in [6, 6.07) is 5.87. The highest BCUT2D eigenvalue weighted by atomic mass is 19.4. The fourth-order valence-corrected chi connectivity index (χ4v) is 3.53. The third kappa shape index (κ3) is 4.88. The largest absolute Gasteiger partial charge is 0.416 e. The number of halogens is 7. The van der Waals surface area contributed by atoms with Gasteiger partial charge in [0.25, 0.3) is 0 Å². The van der Waals surface area contributed by atoms with E-state index in [2.05, 4.69) is 5.32 Å². The van der Waals surface area contributed by atoms with E-state index in [-0.39, 0.29) is 23.6 Å². The Hall–Kier alpha value is -2.66. The smallest absolute Gasteiger partial charge is 0.390 e. The molecule has 11 heteroatoms. The van der Waals surface area contributed by atoms with Gasteiger partial charge in [0.05, 0.1) is 36.4 Å². The number of hydrogen-bond acceptors (Lipinski definition) is 3. The van der Waals surface area contributed by atoms with Gasteiger partial charge in [-0.3, -0.25) is 4.79 Å². The molecule has 174 valence electrons. The lowest BCUT2D eigenvalue weighted by atomic mass is 9.86. The molecule has 2 aromatic carbocycles. The Balaban J connectivity index is 1.92. The normalized spacial score (nSPS) is 22.7. The van der Waals surface area contributed by atoms with Crippen molar-refractivity contribution in [1.82, 2.24) is 5.32 Å². The number of benzene rings is 2. The zero-order valence-electron chi connectivity index (χ0n) is 16.5. The van der Waals surface area contributed by atoms with Gasteiger partial charge in [0, 0.05) is 0 Å². The number of hydrogen-bond donors (Lipinski definition) is 2. The van der Waals surface area contributed by atoms with Crippen LogP contribution in [0.4, 0.5) is 30.7 Å². The summed E-state index contributed by atoms with van der Waals surface area (Å²) >= 11 is 0. The summed E-state index contributed by atoms with van der Waals surface area (Å²) < 4.78 is 97.6. The van der Waals surface area contributed by atoms with Gasteiger partial charge >= 0.3 is 12.4 Å². The zero-order valence-corrected chi connectivity index (χ0v) is 16.5. The Labute approximate surface area is 178 Å². The highest BCUT2D eigenvalue weighted by Gasteiger charge is 2.48. The molecule has 2 N–H and O–H groups in total. The summed E-state index contributed by atoms with van der Waals surface area (Å²) in [4.78, 5) is 11.9. The number of aliphatic hydroxyl groups is 1. The third-order valence-corrected chi connectivity index (χ3v) is 5.31. The molecule has 4 nitrogen and oxygen atoms in total. The Morgan fingerprint density at radius 2 is 1.59 bits per heavy atom. The van der Waals surface area contributed by atoms with Crippen LogP contribution < -0.4 is 5.32 Å². The lowest BCUT2D eigenvalue weighted by Crippen LogP contribution is -2.49. The van der Waals surface area contributed by atoms with Gasteiger partial charge in [-0.15, -0.1) is 0 Å². The summed E-state index contributed by atoms with van der Waals surface area (Å²) in [5.74, 6) is -1.13. The Kier molecular flexibility index (Phi) is 6.27. The Bertz CT molecular complexity index is 956. The summed E-state index contributed by atoms with van der Waals surface area (Å²) in [6.45, 7) is 0.765. The molecule has 0 bridgehead atoms. The maximum Gasteiger partial charge on any atom is 0.416 e. The van der Waals surface area contributed by atoms with Gasteiger partial charge in [-0.1, -0.05) is 12.1 Å². The molecular weight excluding hydrogens is 447 g/mol. The van der Waals surface area contributed by atoms with Crippen molar-refractivity contribution in [2.45, 2.75) is 43.4 Å². The van der Waals surface area contributed by atoms with E-state index in [1.807, 2.05) is 0 Å². The molecule has 0 spiro atoms. The quantitative estimate of drug-likeness (QED) is 0.629. The minimum absolute atomic E-state index is 0.0111. The minimum atomic E-state index is -5.01. The topological polar surface area (TPSA) is 58.6 Å². The van der Waals surface area contributed by atoms with Crippen molar-refractivity contribution in [2.24, 2.45) is 0 Å². The average molecular weight is 465 g/mol. The summed E-state index contributed by atoms with van der Waals surface area (Å²) in [7, 11) is 0. The van der Waals surface area contributed by atoms with Crippen molar-refractivity contribution in [2.75, 3.05) is 6.61 Å². The first-order valence-electron chi connectivity index (χ1n) is 9.38. The van der Waals surface area contributed by atoms with E-state index in [1.54, 1.807) is 0 Å². The van der Waals surface area contributed by atoms with Crippen LogP contribution in [0.2, 0.25) is 0 Å². The van der Waals surface area contributed by atoms with Gasteiger partial charge in [-0.05, 0) is 48.4 Å². The van der Waals surface area contributed by atoms with E-state index in [4.69, 9.17) is 4.74 Å². The van der Waals surface area contributed by atoms with Gasteiger partial charge in [-0.25, -0.2) is 4.39 Å². The second kappa shape index (κ2) is 8.36. The predicted molar refractivity (Wildman–Crippen MR) is 97.7 cm³/mol. The number of carbonyl (C=O) groups excluding carboxylic acids is 1. The fraction of sp³-hybridized carbons (Fsp3) is 0.381. The molecule has 0 unspecified atom stereocenters. The van der Waals surface area contributed by atoms with Crippen molar-refractivity contribution in [3.8, 4) is 0 Å². The summed E-state index contributed by atoms with van der Waals surface area (Å²) in [5, 5.41) is 13.0. The monoisotopic (exact) mass is 465 g/mol. The number of alkyl halides is 6. The van der Waals surface area contributed by atoms with E-state index < -0.39 is 59.6 Å². The van der Waals surface area contributed by atoms with Crippen molar-refractivity contribution in [3.05, 3.63) is 70.5 Å². The molecule has 1 heterocycles. The second-order valence-electron chi connectivity index (χ2n) is 7.54. The van der Waals surface area contributed by atoms with Crippen molar-refractivity contribution in [1.29, 1.82) is 0 Å². The third-order valence-electron chi connectivity index (χ3n) is 5.31. The van der Waals surface area contributed by atoms with Crippen LogP contribution in [0.15, 0.2) is 42.5 Å². The molecule has 3 rings (SSSR count). The lowest BCUT2D eigenvalue weighted by molar-refractivity contribution is -0.143. The molecule has 2 aromatic rings. The molecule has 0 radical (unpaired) electrons. The van der Waals surface area contributed by atoms with Crippen molar-refractivity contribution in [3.63, 3.8) is 0 Å². The molecule has 1 fully saturated rings. The Morgan fingerprint density at radius 1 is 1.06 bits per heavy atom. The SMILES string of the molecule is C[C@@H](OC[C@]1(c2ccc(F)cc2)NC(=O)C[C@@H]1O)c1cc(C(F)(F)F)cc(C(F)(F)F)c1. The fourth-order valence-electron chi connectivity index (χ4n) is 3.53. The van der Waals surface area contributed by atoms with E-state index in [0.717, 1.165) is 12.1 Å². The van der Waals surface area contributed by atoms with Crippen LogP contribution in [0.1, 0.15) is 41.7 Å². The van der Waals surface area contributed by atoms with Crippen LogP contribution in [0.5, 0.6) is 0 Å². The van der Waals surface area contributed by atoms with Gasteiger partial charge in [0.1, 0.15) is 11.4 Å². The molecule has 0 aliphatic carbocycles. The molecule has 32 heavy (non-hydrogen) atoms. The number of amides is 1. The highest BCUT2D eigenvalue weighted by Crippen LogP contribution is 2.39. The molecule has 1 amide bonds. The van der Waals surface area contributed by atoms with E-state index in [9.17, 15) is 40.6 Å². The van der Waals surface area contributed by atoms with Crippen molar-refractivity contribution < 1.29 is 45.4 Å². The molecule has 1 aliphatic heterocycles. The molecule has 1 aliphatic rings. The molecule has 0 saturated carbocycles. The van der Waals surface area contributed by atoms with Crippen LogP contribution in [0.3, 0.4) is 0 Å². The second-order valence-corrected chi connectivity index (χ2v) is 7.54. The maximum atomic E-state index is 13.3. The van der Waals surface area contributed by atoms with Crippen LogP contribution in [-0.2, 0) is 27.4 Å². The van der Waals surface area contributed by atoms with E-state index in [0.29, 0.717) is 12.1 Å². The molecule has 0 aromatic heterocycles. The van der Waals surface area contributed by atoms with Gasteiger partial charge in [-0.2, -0.15) is 26.3 Å². The summed E-state index contributed by atoms with van der Waals surface area (Å²) in [6.07, 6.45) is -12.9. The van der Waals surface area contributed by atoms with E-state index in [1.165, 1.54) is 19.1 Å². The number of aliphatic hydroxyl groups excluding tert-OH is 1. The minimum Gasteiger partial charge on any atom is -0.390 e. The number of ether oxygens (including phenoxy) is 1. The van der Waals surface area contributed by atoms with Gasteiger partial charge in [0.2, 0.25) is 5.91 Å². The molecule has 3 atom stereocenters. The molecular formula is C21H18F7NO3. The average Bonchev–Trinajstić information content (AvgIpc) is 2.99. The first kappa shape index (κ1) is 24.0. The molecule has 1 saturated heterocycles. The lowest BCUT2D eigenvalue weighted by Gasteiger charge is -2.34. The summed E-state index contributed by atoms with van der Waals surface area (Å²) in [5.41, 5.74) is -4.64. The van der Waals surface area contributed by atoms with Crippen molar-refractivity contribution >= 4 is 5.91 Å². The van der Waals surface area contributed by atoms with Crippen LogP contribution in [0, 0.1) is 5.82 Å². The standard InChI is InChI=1S/C21H18F7NO3/c1-11(12-6-14(20(23,24)25)8-15(7-12)21(26,27)28)32-10-19(17(30)9-18(31)29-19)13-2-4-16(22)5-3-13/h2-8,11,17,30H,9-10H2,1H3,(H,29,31)/t11-,17+,19-/m1/s1.